The van der Waals surface area contributed by atoms with Crippen LogP contribution in [-0.2, 0) is 0 Å². The van der Waals surface area contributed by atoms with Crippen molar-refractivity contribution in [3.05, 3.63) is 47.5 Å². The van der Waals surface area contributed by atoms with Crippen LogP contribution in [0.3, 0.4) is 0 Å². The quantitative estimate of drug-likeness (QED) is 0.746. The summed E-state index contributed by atoms with van der Waals surface area (Å²) in [4.78, 5) is 0. The monoisotopic (exact) mass is 218 g/mol. The van der Waals surface area contributed by atoms with Crippen LogP contribution in [0.5, 0.6) is 0 Å². The van der Waals surface area contributed by atoms with Gasteiger partial charge < -0.3 is 10.2 Å². The van der Waals surface area contributed by atoms with E-state index in [1.807, 2.05) is 31.2 Å². The van der Waals surface area contributed by atoms with E-state index < -0.39 is 6.10 Å². The van der Waals surface area contributed by atoms with E-state index in [0.717, 1.165) is 6.42 Å². The number of hydrogen-bond donors (Lipinski definition) is 2. The smallest absolute Gasteiger partial charge is 0.0779 e. The molecule has 1 aromatic rings. The zero-order valence-electron chi connectivity index (χ0n) is 9.50. The molecule has 0 amide bonds. The van der Waals surface area contributed by atoms with Crippen molar-refractivity contribution < 1.29 is 10.2 Å². The zero-order chi connectivity index (χ0) is 11.5. The number of allylic oxidation sites excluding steroid dienone is 1. The van der Waals surface area contributed by atoms with Gasteiger partial charge in [0, 0.05) is 12.5 Å². The summed E-state index contributed by atoms with van der Waals surface area (Å²) in [6.07, 6.45) is 2.26. The molecule has 2 heteroatoms. The molecule has 1 aliphatic carbocycles. The molecule has 3 atom stereocenters. The molecular weight excluding hydrogens is 200 g/mol. The highest BCUT2D eigenvalue weighted by atomic mass is 16.3. The molecule has 16 heavy (non-hydrogen) atoms. The van der Waals surface area contributed by atoms with Crippen LogP contribution in [0.4, 0.5) is 0 Å². The van der Waals surface area contributed by atoms with Crippen LogP contribution < -0.4 is 0 Å². The fourth-order valence-corrected chi connectivity index (χ4v) is 2.52. The normalized spacial score (nSPS) is 29.9. The molecule has 1 aromatic carbocycles. The van der Waals surface area contributed by atoms with Crippen molar-refractivity contribution in [3.8, 4) is 0 Å². The second-order valence-electron chi connectivity index (χ2n) is 4.57. The molecule has 0 fully saturated rings. The van der Waals surface area contributed by atoms with E-state index >= 15 is 0 Å². The SMILES string of the molecule is CC1=C[C@@H](O)[C@@H](CO)C(c2ccccc2)C1. The standard InChI is InChI=1S/C14H18O2/c1-10-7-12(11-5-3-2-4-6-11)13(9-15)14(16)8-10/h2-6,8,12-16H,7,9H2,1H3/t12?,13-,14+/m0/s1. The minimum atomic E-state index is -0.524. The minimum absolute atomic E-state index is 0.0322. The molecule has 1 aliphatic rings. The van der Waals surface area contributed by atoms with E-state index in [2.05, 4.69) is 12.1 Å². The molecule has 0 aromatic heterocycles. The van der Waals surface area contributed by atoms with Crippen molar-refractivity contribution in [3.63, 3.8) is 0 Å². The van der Waals surface area contributed by atoms with Crippen molar-refractivity contribution in [2.45, 2.75) is 25.4 Å². The summed E-state index contributed by atoms with van der Waals surface area (Å²) in [6.45, 7) is 2.07. The number of rotatable bonds is 2. The van der Waals surface area contributed by atoms with E-state index in [1.165, 1.54) is 11.1 Å². The van der Waals surface area contributed by atoms with Gasteiger partial charge in [0.25, 0.3) is 0 Å². The fraction of sp³-hybridized carbons (Fsp3) is 0.429. The van der Waals surface area contributed by atoms with Gasteiger partial charge in [-0.1, -0.05) is 42.0 Å². The van der Waals surface area contributed by atoms with Crippen LogP contribution in [0.2, 0.25) is 0 Å². The van der Waals surface area contributed by atoms with Crippen LogP contribution in [0.15, 0.2) is 42.0 Å². The van der Waals surface area contributed by atoms with Gasteiger partial charge in [-0.15, -0.1) is 0 Å². The summed E-state index contributed by atoms with van der Waals surface area (Å²) >= 11 is 0. The van der Waals surface area contributed by atoms with Crippen LogP contribution in [0.25, 0.3) is 0 Å². The summed E-state index contributed by atoms with van der Waals surface area (Å²) < 4.78 is 0. The van der Waals surface area contributed by atoms with Crippen molar-refractivity contribution in [2.75, 3.05) is 6.61 Å². The van der Waals surface area contributed by atoms with E-state index in [-0.39, 0.29) is 18.4 Å². The lowest BCUT2D eigenvalue weighted by Gasteiger charge is -2.33. The summed E-state index contributed by atoms with van der Waals surface area (Å²) in [5.74, 6) is 0.150. The lowest BCUT2D eigenvalue weighted by molar-refractivity contribution is 0.0751. The molecule has 2 rings (SSSR count). The van der Waals surface area contributed by atoms with E-state index in [1.54, 1.807) is 0 Å². The Morgan fingerprint density at radius 1 is 1.25 bits per heavy atom. The maximum Gasteiger partial charge on any atom is 0.0779 e. The van der Waals surface area contributed by atoms with Gasteiger partial charge in [0.05, 0.1) is 6.10 Å². The second kappa shape index (κ2) is 4.81. The van der Waals surface area contributed by atoms with Crippen molar-refractivity contribution in [2.24, 2.45) is 5.92 Å². The molecule has 0 spiro atoms. The Labute approximate surface area is 96.2 Å². The van der Waals surface area contributed by atoms with Crippen LogP contribution in [0.1, 0.15) is 24.8 Å². The lowest BCUT2D eigenvalue weighted by atomic mass is 9.75. The summed E-state index contributed by atoms with van der Waals surface area (Å²) in [7, 11) is 0. The van der Waals surface area contributed by atoms with Gasteiger partial charge in [-0.3, -0.25) is 0 Å². The highest BCUT2D eigenvalue weighted by Gasteiger charge is 2.31. The molecule has 0 bridgehead atoms. The lowest BCUT2D eigenvalue weighted by Crippen LogP contribution is -2.32. The Kier molecular flexibility index (Phi) is 3.42. The van der Waals surface area contributed by atoms with Gasteiger partial charge >= 0.3 is 0 Å². The summed E-state index contributed by atoms with van der Waals surface area (Å²) in [6, 6.07) is 10.1. The molecule has 2 nitrogen and oxygen atoms in total. The summed E-state index contributed by atoms with van der Waals surface area (Å²) in [5, 5.41) is 19.3. The Bertz CT molecular complexity index is 370. The molecule has 0 radical (unpaired) electrons. The predicted molar refractivity (Wildman–Crippen MR) is 64.1 cm³/mol. The second-order valence-corrected chi connectivity index (χ2v) is 4.57. The highest BCUT2D eigenvalue weighted by Crippen LogP contribution is 2.37. The van der Waals surface area contributed by atoms with Gasteiger partial charge in [-0.05, 0) is 24.8 Å². The predicted octanol–water partition coefficient (Wildman–Crippen LogP) is 2.09. The van der Waals surface area contributed by atoms with Crippen LogP contribution in [0, 0.1) is 5.92 Å². The largest absolute Gasteiger partial charge is 0.396 e. The first-order valence-corrected chi connectivity index (χ1v) is 5.73. The van der Waals surface area contributed by atoms with Crippen molar-refractivity contribution >= 4 is 0 Å². The summed E-state index contributed by atoms with van der Waals surface area (Å²) in [5.41, 5.74) is 2.40. The first kappa shape index (κ1) is 11.4. The number of aliphatic hydroxyl groups is 2. The maximum absolute atomic E-state index is 9.93. The molecule has 0 aliphatic heterocycles. The Balaban J connectivity index is 2.30. The van der Waals surface area contributed by atoms with Crippen molar-refractivity contribution in [1.82, 2.24) is 0 Å². The van der Waals surface area contributed by atoms with Gasteiger partial charge in [0.2, 0.25) is 0 Å². The molecular formula is C14H18O2. The Hall–Kier alpha value is -1.12. The average Bonchev–Trinajstić information content (AvgIpc) is 2.29. The Morgan fingerprint density at radius 3 is 2.56 bits per heavy atom. The maximum atomic E-state index is 9.93. The minimum Gasteiger partial charge on any atom is -0.396 e. The number of hydrogen-bond acceptors (Lipinski definition) is 2. The highest BCUT2D eigenvalue weighted by molar-refractivity contribution is 5.26. The van der Waals surface area contributed by atoms with Gasteiger partial charge in [0.15, 0.2) is 0 Å². The van der Waals surface area contributed by atoms with Crippen LogP contribution in [-0.4, -0.2) is 22.9 Å². The van der Waals surface area contributed by atoms with Crippen LogP contribution >= 0.6 is 0 Å². The Morgan fingerprint density at radius 2 is 1.94 bits per heavy atom. The van der Waals surface area contributed by atoms with Gasteiger partial charge in [-0.2, -0.15) is 0 Å². The first-order chi connectivity index (χ1) is 7.72. The third-order valence-electron chi connectivity index (χ3n) is 3.39. The van der Waals surface area contributed by atoms with Gasteiger partial charge in [-0.25, -0.2) is 0 Å². The first-order valence-electron chi connectivity index (χ1n) is 5.73. The van der Waals surface area contributed by atoms with Crippen molar-refractivity contribution in [1.29, 1.82) is 0 Å². The molecule has 2 N–H and O–H groups in total. The molecule has 0 heterocycles. The molecule has 1 unspecified atom stereocenters. The third-order valence-corrected chi connectivity index (χ3v) is 3.39. The topological polar surface area (TPSA) is 40.5 Å². The average molecular weight is 218 g/mol. The van der Waals surface area contributed by atoms with E-state index in [9.17, 15) is 10.2 Å². The van der Waals surface area contributed by atoms with E-state index in [0.29, 0.717) is 0 Å². The third kappa shape index (κ3) is 2.18. The number of aliphatic hydroxyl groups excluding tert-OH is 2. The van der Waals surface area contributed by atoms with Gasteiger partial charge in [0.1, 0.15) is 0 Å². The molecule has 0 saturated carbocycles. The molecule has 86 valence electrons. The zero-order valence-corrected chi connectivity index (χ0v) is 9.50. The molecule has 0 saturated heterocycles. The fourth-order valence-electron chi connectivity index (χ4n) is 2.52. The van der Waals surface area contributed by atoms with E-state index in [4.69, 9.17) is 0 Å². The number of benzene rings is 1.